The molecule has 1 saturated carbocycles. The molecule has 2 aliphatic rings. The second-order valence-corrected chi connectivity index (χ2v) is 9.08. The van der Waals surface area contributed by atoms with Crippen LogP contribution in [0.25, 0.3) is 10.9 Å². The fourth-order valence-electron chi connectivity index (χ4n) is 5.44. The van der Waals surface area contributed by atoms with Gasteiger partial charge in [-0.15, -0.1) is 0 Å². The topological polar surface area (TPSA) is 119 Å². The maximum atomic E-state index is 15.6. The van der Waals surface area contributed by atoms with Crippen LogP contribution >= 0.6 is 0 Å². The van der Waals surface area contributed by atoms with E-state index in [0.717, 1.165) is 31.5 Å². The standard InChI is InChI=1S/C25H27FN4O4/c26-19-15(6-5-12-29-17-7-1-4-11-28-17)23-21-18(20(19)27)22(31)16(24(32)33)14-30(21)25(10-13-34-23)8-2-3-9-25/h1,4,7,11,14H,2-3,5-6,8-10,12-13,27H2,(H,28,29)(H,32,33). The smallest absolute Gasteiger partial charge is 0.341 e. The number of nitrogens with two attached hydrogens (primary N) is 1. The van der Waals surface area contributed by atoms with E-state index in [4.69, 9.17) is 10.5 Å². The molecule has 0 amide bonds. The van der Waals surface area contributed by atoms with Crippen molar-refractivity contribution in [1.82, 2.24) is 9.55 Å². The van der Waals surface area contributed by atoms with Crippen molar-refractivity contribution in [3.8, 4) is 5.75 Å². The SMILES string of the molecule is Nc1c(F)c(CCCNc2ccccn2)c2c3c1c(=O)c(C(=O)O)cn3C1(CCCC1)CCO2. The number of nitrogens with one attached hydrogen (secondary N) is 1. The molecule has 4 N–H and O–H groups in total. The molecule has 1 aliphatic carbocycles. The normalized spacial score (nSPS) is 16.4. The average Bonchev–Trinajstić information content (AvgIpc) is 3.24. The Morgan fingerprint density at radius 3 is 2.79 bits per heavy atom. The van der Waals surface area contributed by atoms with Crippen LogP contribution in [0.4, 0.5) is 15.9 Å². The average molecular weight is 467 g/mol. The van der Waals surface area contributed by atoms with Gasteiger partial charge in [0.25, 0.3) is 0 Å². The lowest BCUT2D eigenvalue weighted by molar-refractivity contribution is 0.0694. The number of fused-ring (bicyclic) bond motifs is 1. The Hall–Kier alpha value is -3.62. The molecular weight excluding hydrogens is 439 g/mol. The van der Waals surface area contributed by atoms with Crippen molar-refractivity contribution in [2.24, 2.45) is 0 Å². The molecule has 0 bridgehead atoms. The number of hydrogen-bond acceptors (Lipinski definition) is 6. The maximum Gasteiger partial charge on any atom is 0.341 e. The van der Waals surface area contributed by atoms with Crippen molar-refractivity contribution in [2.45, 2.75) is 50.5 Å². The highest BCUT2D eigenvalue weighted by molar-refractivity contribution is 6.01. The van der Waals surface area contributed by atoms with Crippen LogP contribution in [-0.2, 0) is 12.0 Å². The number of carboxylic acid groups (broad SMARTS) is 1. The fraction of sp³-hybridized carbons (Fsp3) is 0.400. The summed E-state index contributed by atoms with van der Waals surface area (Å²) in [5.41, 5.74) is 5.05. The van der Waals surface area contributed by atoms with E-state index in [1.165, 1.54) is 6.20 Å². The number of carbonyl (C=O) groups is 1. The summed E-state index contributed by atoms with van der Waals surface area (Å²) in [6, 6.07) is 5.56. The quantitative estimate of drug-likeness (QED) is 0.372. The molecule has 0 saturated heterocycles. The molecule has 9 heteroatoms. The number of hydrogen-bond donors (Lipinski definition) is 3. The molecule has 0 atom stereocenters. The first-order valence-corrected chi connectivity index (χ1v) is 11.6. The number of aromatic nitrogens is 2. The third kappa shape index (κ3) is 3.55. The van der Waals surface area contributed by atoms with Gasteiger partial charge in [-0.3, -0.25) is 4.79 Å². The van der Waals surface area contributed by atoms with Gasteiger partial charge in [-0.2, -0.15) is 0 Å². The van der Waals surface area contributed by atoms with Crippen LogP contribution in [0.5, 0.6) is 5.75 Å². The molecule has 8 nitrogen and oxygen atoms in total. The Balaban J connectivity index is 1.63. The molecule has 1 aromatic carbocycles. The molecule has 1 aliphatic heterocycles. The number of benzene rings is 1. The van der Waals surface area contributed by atoms with Gasteiger partial charge in [0.1, 0.15) is 17.1 Å². The van der Waals surface area contributed by atoms with E-state index in [1.807, 2.05) is 22.8 Å². The first-order chi connectivity index (χ1) is 16.4. The lowest BCUT2D eigenvalue weighted by Gasteiger charge is -2.32. The lowest BCUT2D eigenvalue weighted by atomic mass is 9.91. The second kappa shape index (κ2) is 8.62. The maximum absolute atomic E-state index is 15.6. The molecule has 5 rings (SSSR count). The van der Waals surface area contributed by atoms with Crippen LogP contribution in [0.2, 0.25) is 0 Å². The van der Waals surface area contributed by atoms with Gasteiger partial charge in [0.2, 0.25) is 5.43 Å². The monoisotopic (exact) mass is 466 g/mol. The van der Waals surface area contributed by atoms with Crippen molar-refractivity contribution in [2.75, 3.05) is 24.2 Å². The number of halogens is 1. The number of rotatable bonds is 6. The summed E-state index contributed by atoms with van der Waals surface area (Å²) in [4.78, 5) is 29.2. The molecule has 1 spiro atoms. The van der Waals surface area contributed by atoms with Crippen LogP contribution in [-0.4, -0.2) is 33.8 Å². The van der Waals surface area contributed by atoms with Gasteiger partial charge in [-0.05, 0) is 37.8 Å². The summed E-state index contributed by atoms with van der Waals surface area (Å²) in [7, 11) is 0. The molecule has 0 unspecified atom stereocenters. The third-order valence-corrected chi connectivity index (χ3v) is 7.13. The van der Waals surface area contributed by atoms with Crippen molar-refractivity contribution >= 4 is 28.4 Å². The molecule has 0 radical (unpaired) electrons. The van der Waals surface area contributed by atoms with Gasteiger partial charge in [0.15, 0.2) is 5.82 Å². The van der Waals surface area contributed by atoms with Crippen molar-refractivity contribution in [1.29, 1.82) is 0 Å². The molecular formula is C25H27FN4O4. The Morgan fingerprint density at radius 2 is 2.09 bits per heavy atom. The van der Waals surface area contributed by atoms with E-state index in [0.29, 0.717) is 49.2 Å². The first kappa shape index (κ1) is 22.2. The summed E-state index contributed by atoms with van der Waals surface area (Å²) < 4.78 is 23.5. The van der Waals surface area contributed by atoms with Crippen LogP contribution in [0.3, 0.4) is 0 Å². The van der Waals surface area contributed by atoms with Crippen molar-refractivity contribution in [3.05, 3.63) is 57.8 Å². The lowest BCUT2D eigenvalue weighted by Crippen LogP contribution is -2.33. The van der Waals surface area contributed by atoms with Crippen LogP contribution in [0.1, 0.15) is 54.4 Å². The van der Waals surface area contributed by atoms with E-state index in [9.17, 15) is 14.7 Å². The van der Waals surface area contributed by atoms with E-state index in [1.54, 1.807) is 6.20 Å². The zero-order chi connectivity index (χ0) is 23.9. The summed E-state index contributed by atoms with van der Waals surface area (Å²) in [5.74, 6) is -1.03. The zero-order valence-electron chi connectivity index (χ0n) is 18.8. The summed E-state index contributed by atoms with van der Waals surface area (Å²) in [5, 5.41) is 12.8. The predicted molar refractivity (Wildman–Crippen MR) is 127 cm³/mol. The van der Waals surface area contributed by atoms with Gasteiger partial charge < -0.3 is 25.5 Å². The zero-order valence-corrected chi connectivity index (χ0v) is 18.8. The number of nitrogen functional groups attached to an aromatic ring is 1. The van der Waals surface area contributed by atoms with Gasteiger partial charge in [0.05, 0.1) is 23.2 Å². The Morgan fingerprint density at radius 1 is 1.29 bits per heavy atom. The largest absolute Gasteiger partial charge is 0.491 e. The minimum Gasteiger partial charge on any atom is -0.491 e. The number of carboxylic acids is 1. The van der Waals surface area contributed by atoms with E-state index in [-0.39, 0.29) is 16.6 Å². The molecule has 178 valence electrons. The number of pyridine rings is 2. The van der Waals surface area contributed by atoms with Crippen LogP contribution < -0.4 is 21.2 Å². The van der Waals surface area contributed by atoms with E-state index in [2.05, 4.69) is 10.3 Å². The third-order valence-electron chi connectivity index (χ3n) is 7.13. The minimum atomic E-state index is -1.35. The molecule has 2 aromatic heterocycles. The van der Waals surface area contributed by atoms with E-state index < -0.39 is 22.8 Å². The Kier molecular flexibility index (Phi) is 5.63. The number of anilines is 2. The predicted octanol–water partition coefficient (Wildman–Crippen LogP) is 3.91. The number of nitrogens with zero attached hydrogens (tertiary/aromatic N) is 2. The summed E-state index contributed by atoms with van der Waals surface area (Å²) in [6.45, 7) is 0.915. The molecule has 3 aromatic rings. The summed E-state index contributed by atoms with van der Waals surface area (Å²) in [6.07, 6.45) is 8.35. The number of aromatic carboxylic acids is 1. The van der Waals surface area contributed by atoms with Gasteiger partial charge in [0, 0.05) is 36.5 Å². The van der Waals surface area contributed by atoms with Gasteiger partial charge >= 0.3 is 5.97 Å². The highest BCUT2D eigenvalue weighted by atomic mass is 19.1. The molecule has 1 fully saturated rings. The first-order valence-electron chi connectivity index (χ1n) is 11.6. The molecule has 3 heterocycles. The highest BCUT2D eigenvalue weighted by Crippen LogP contribution is 2.47. The fourth-order valence-corrected chi connectivity index (χ4v) is 5.44. The molecule has 34 heavy (non-hydrogen) atoms. The minimum absolute atomic E-state index is 0.101. The highest BCUT2D eigenvalue weighted by Gasteiger charge is 2.40. The number of ether oxygens (including phenoxy) is 1. The van der Waals surface area contributed by atoms with Crippen LogP contribution in [0.15, 0.2) is 35.4 Å². The second-order valence-electron chi connectivity index (χ2n) is 9.08. The van der Waals surface area contributed by atoms with Gasteiger partial charge in [-0.25, -0.2) is 14.2 Å². The Bertz CT molecular complexity index is 1320. The van der Waals surface area contributed by atoms with Crippen LogP contribution in [0, 0.1) is 5.82 Å². The van der Waals surface area contributed by atoms with Crippen molar-refractivity contribution < 1.29 is 19.0 Å². The van der Waals surface area contributed by atoms with Gasteiger partial charge in [-0.1, -0.05) is 18.9 Å². The van der Waals surface area contributed by atoms with E-state index >= 15 is 4.39 Å². The Labute approximate surface area is 195 Å². The summed E-state index contributed by atoms with van der Waals surface area (Å²) >= 11 is 0. The van der Waals surface area contributed by atoms with Crippen molar-refractivity contribution in [3.63, 3.8) is 0 Å².